The minimum absolute atomic E-state index is 0.194. The molecule has 2 heterocycles. The molecule has 25 heavy (non-hydrogen) atoms. The summed E-state index contributed by atoms with van der Waals surface area (Å²) in [6, 6.07) is 15.3. The fraction of sp³-hybridized carbons (Fsp3) is 0.333. The lowest BCUT2D eigenvalue weighted by atomic mass is 9.89. The molecule has 2 aliphatic heterocycles. The molecule has 2 aromatic carbocycles. The average Bonchev–Trinajstić information content (AvgIpc) is 2.60. The molecule has 0 spiro atoms. The van der Waals surface area contributed by atoms with Crippen molar-refractivity contribution < 1.29 is 13.5 Å². The SMILES string of the molecule is Fc1cccc(CC2=CC3COCC(C2)N3Cc2ccccc2)c1F. The Bertz CT molecular complexity index is 775. The number of ether oxygens (including phenoxy) is 1. The first-order valence-electron chi connectivity index (χ1n) is 8.70. The van der Waals surface area contributed by atoms with Crippen molar-refractivity contribution in [2.24, 2.45) is 0 Å². The van der Waals surface area contributed by atoms with Crippen LogP contribution < -0.4 is 0 Å². The van der Waals surface area contributed by atoms with Gasteiger partial charge in [-0.15, -0.1) is 0 Å². The Morgan fingerprint density at radius 2 is 1.84 bits per heavy atom. The van der Waals surface area contributed by atoms with Gasteiger partial charge in [0.05, 0.1) is 19.3 Å². The second-order valence-electron chi connectivity index (χ2n) is 6.84. The smallest absolute Gasteiger partial charge is 0.162 e. The minimum atomic E-state index is -0.775. The molecule has 2 nitrogen and oxygen atoms in total. The first-order chi connectivity index (χ1) is 12.2. The normalized spacial score (nSPS) is 23.4. The summed E-state index contributed by atoms with van der Waals surface area (Å²) in [6.07, 6.45) is 3.48. The van der Waals surface area contributed by atoms with Gasteiger partial charge in [0, 0.05) is 12.6 Å². The summed E-state index contributed by atoms with van der Waals surface area (Å²) in [4.78, 5) is 2.46. The van der Waals surface area contributed by atoms with Crippen molar-refractivity contribution in [3.63, 3.8) is 0 Å². The van der Waals surface area contributed by atoms with Crippen LogP contribution in [0.1, 0.15) is 17.5 Å². The number of halogens is 2. The molecule has 0 saturated carbocycles. The molecule has 130 valence electrons. The number of hydrogen-bond donors (Lipinski definition) is 0. The summed E-state index contributed by atoms with van der Waals surface area (Å²) < 4.78 is 33.1. The quantitative estimate of drug-likeness (QED) is 0.776. The van der Waals surface area contributed by atoms with Gasteiger partial charge < -0.3 is 4.74 Å². The van der Waals surface area contributed by atoms with E-state index in [1.807, 2.05) is 6.07 Å². The molecule has 0 N–H and O–H groups in total. The summed E-state index contributed by atoms with van der Waals surface area (Å²) in [5.41, 5.74) is 2.89. The van der Waals surface area contributed by atoms with Gasteiger partial charge in [0.15, 0.2) is 11.6 Å². The zero-order valence-electron chi connectivity index (χ0n) is 14.0. The van der Waals surface area contributed by atoms with Gasteiger partial charge in [-0.2, -0.15) is 0 Å². The van der Waals surface area contributed by atoms with Gasteiger partial charge in [-0.05, 0) is 30.0 Å². The van der Waals surface area contributed by atoms with E-state index >= 15 is 0 Å². The monoisotopic (exact) mass is 341 g/mol. The molecule has 0 radical (unpaired) electrons. The van der Waals surface area contributed by atoms with Crippen LogP contribution in [0.25, 0.3) is 0 Å². The topological polar surface area (TPSA) is 12.5 Å². The van der Waals surface area contributed by atoms with Crippen LogP contribution in [0, 0.1) is 11.6 Å². The van der Waals surface area contributed by atoms with E-state index in [0.29, 0.717) is 25.2 Å². The van der Waals surface area contributed by atoms with Crippen molar-refractivity contribution in [1.82, 2.24) is 4.90 Å². The average molecular weight is 341 g/mol. The number of rotatable bonds is 4. The molecule has 0 aliphatic carbocycles. The van der Waals surface area contributed by atoms with Crippen molar-refractivity contribution in [3.05, 3.63) is 82.9 Å². The van der Waals surface area contributed by atoms with Crippen LogP contribution in [0.5, 0.6) is 0 Å². The third-order valence-corrected chi connectivity index (χ3v) is 5.08. The summed E-state index contributed by atoms with van der Waals surface area (Å²) >= 11 is 0. The molecule has 4 rings (SSSR count). The molecule has 0 aromatic heterocycles. The molecule has 2 bridgehead atoms. The van der Waals surface area contributed by atoms with Crippen LogP contribution in [-0.4, -0.2) is 30.2 Å². The lowest BCUT2D eigenvalue weighted by molar-refractivity contribution is -0.0440. The minimum Gasteiger partial charge on any atom is -0.378 e. The van der Waals surface area contributed by atoms with Crippen molar-refractivity contribution in [2.45, 2.75) is 31.5 Å². The molecule has 4 heteroatoms. The Labute approximate surface area is 146 Å². The lowest BCUT2D eigenvalue weighted by Crippen LogP contribution is -2.53. The van der Waals surface area contributed by atoms with Gasteiger partial charge in [0.25, 0.3) is 0 Å². The molecule has 2 aromatic rings. The maximum atomic E-state index is 14.0. The number of fused-ring (bicyclic) bond motifs is 2. The number of morpholine rings is 1. The van der Waals surface area contributed by atoms with Gasteiger partial charge in [-0.1, -0.05) is 54.1 Å². The van der Waals surface area contributed by atoms with E-state index in [1.165, 1.54) is 11.1 Å². The van der Waals surface area contributed by atoms with E-state index in [2.05, 4.69) is 35.2 Å². The van der Waals surface area contributed by atoms with Crippen LogP contribution in [0.2, 0.25) is 0 Å². The van der Waals surface area contributed by atoms with Crippen molar-refractivity contribution in [2.75, 3.05) is 13.2 Å². The van der Waals surface area contributed by atoms with Crippen molar-refractivity contribution in [1.29, 1.82) is 0 Å². The molecular weight excluding hydrogens is 320 g/mol. The second-order valence-corrected chi connectivity index (χ2v) is 6.84. The third kappa shape index (κ3) is 3.51. The largest absolute Gasteiger partial charge is 0.378 e. The summed E-state index contributed by atoms with van der Waals surface area (Å²) in [6.45, 7) is 2.22. The molecule has 2 unspecified atom stereocenters. The Hall–Kier alpha value is -2.04. The summed E-state index contributed by atoms with van der Waals surface area (Å²) in [5.74, 6) is -1.50. The Balaban J connectivity index is 1.54. The van der Waals surface area contributed by atoms with Crippen LogP contribution in [0.4, 0.5) is 8.78 Å². The van der Waals surface area contributed by atoms with Gasteiger partial charge in [0.1, 0.15) is 0 Å². The Morgan fingerprint density at radius 3 is 2.64 bits per heavy atom. The van der Waals surface area contributed by atoms with Crippen molar-refractivity contribution in [3.8, 4) is 0 Å². The summed E-state index contributed by atoms with van der Waals surface area (Å²) in [5, 5.41) is 0. The van der Waals surface area contributed by atoms with E-state index in [9.17, 15) is 8.78 Å². The van der Waals surface area contributed by atoms with Gasteiger partial charge in [-0.25, -0.2) is 8.78 Å². The van der Waals surface area contributed by atoms with Gasteiger partial charge in [0.2, 0.25) is 0 Å². The van der Waals surface area contributed by atoms with Crippen molar-refractivity contribution >= 4 is 0 Å². The Kier molecular flexibility index (Phi) is 4.64. The number of nitrogens with zero attached hydrogens (tertiary/aromatic N) is 1. The predicted octanol–water partition coefficient (Wildman–Crippen LogP) is 4.11. The zero-order valence-corrected chi connectivity index (χ0v) is 14.0. The van der Waals surface area contributed by atoms with Crippen LogP contribution in [0.15, 0.2) is 60.2 Å². The highest BCUT2D eigenvalue weighted by atomic mass is 19.2. The molecular formula is C21H21F2NO. The van der Waals surface area contributed by atoms with Crippen LogP contribution in [0.3, 0.4) is 0 Å². The molecule has 0 amide bonds. The first kappa shape index (κ1) is 16.4. The van der Waals surface area contributed by atoms with Gasteiger partial charge >= 0.3 is 0 Å². The Morgan fingerprint density at radius 1 is 1.00 bits per heavy atom. The molecule has 1 saturated heterocycles. The highest BCUT2D eigenvalue weighted by molar-refractivity contribution is 5.28. The fourth-order valence-corrected chi connectivity index (χ4v) is 3.85. The highest BCUT2D eigenvalue weighted by Crippen LogP contribution is 2.30. The zero-order chi connectivity index (χ0) is 17.2. The van der Waals surface area contributed by atoms with E-state index in [4.69, 9.17) is 4.74 Å². The second kappa shape index (κ2) is 7.06. The van der Waals surface area contributed by atoms with E-state index < -0.39 is 11.6 Å². The number of benzene rings is 2. The van der Waals surface area contributed by atoms with E-state index in [0.717, 1.165) is 19.0 Å². The first-order valence-corrected chi connectivity index (χ1v) is 8.70. The van der Waals surface area contributed by atoms with E-state index in [1.54, 1.807) is 12.1 Å². The highest BCUT2D eigenvalue weighted by Gasteiger charge is 2.34. The van der Waals surface area contributed by atoms with Crippen LogP contribution >= 0.6 is 0 Å². The third-order valence-electron chi connectivity index (χ3n) is 5.08. The maximum Gasteiger partial charge on any atom is 0.162 e. The molecule has 2 aliphatic rings. The van der Waals surface area contributed by atoms with Crippen LogP contribution in [-0.2, 0) is 17.7 Å². The molecule has 1 fully saturated rings. The van der Waals surface area contributed by atoms with Gasteiger partial charge in [-0.3, -0.25) is 4.90 Å². The predicted molar refractivity (Wildman–Crippen MR) is 93.1 cm³/mol. The maximum absolute atomic E-state index is 14.0. The number of hydrogen-bond acceptors (Lipinski definition) is 2. The van der Waals surface area contributed by atoms with E-state index in [-0.39, 0.29) is 12.1 Å². The fourth-order valence-electron chi connectivity index (χ4n) is 3.85. The summed E-state index contributed by atoms with van der Waals surface area (Å²) in [7, 11) is 0. The molecule has 2 atom stereocenters. The lowest BCUT2D eigenvalue weighted by Gasteiger charge is -2.45. The standard InChI is InChI=1S/C21H21F2NO/c22-20-8-4-7-17(21(20)23)9-16-10-18-13-25-14-19(11-16)24(18)12-15-5-2-1-3-6-15/h1-8,10,18-19H,9,11-14H2.